The van der Waals surface area contributed by atoms with Gasteiger partial charge in [-0.2, -0.15) is 0 Å². The van der Waals surface area contributed by atoms with Gasteiger partial charge in [0.05, 0.1) is 24.3 Å². The molecule has 2 aromatic heterocycles. The van der Waals surface area contributed by atoms with Crippen LogP contribution in [0.3, 0.4) is 0 Å². The van der Waals surface area contributed by atoms with Crippen molar-refractivity contribution in [2.75, 3.05) is 30.0 Å². The van der Waals surface area contributed by atoms with Crippen LogP contribution < -0.4 is 14.5 Å². The van der Waals surface area contributed by atoms with Crippen LogP contribution in [-0.4, -0.2) is 47.2 Å². The van der Waals surface area contributed by atoms with Crippen molar-refractivity contribution in [3.8, 4) is 5.75 Å². The van der Waals surface area contributed by atoms with Gasteiger partial charge in [0.2, 0.25) is 0 Å². The third-order valence-corrected chi connectivity index (χ3v) is 5.66. The van der Waals surface area contributed by atoms with E-state index in [0.717, 1.165) is 22.4 Å². The van der Waals surface area contributed by atoms with Crippen LogP contribution in [0, 0.1) is 6.92 Å². The van der Waals surface area contributed by atoms with E-state index in [0.29, 0.717) is 42.5 Å². The van der Waals surface area contributed by atoms with Crippen LogP contribution in [0.25, 0.3) is 0 Å². The Bertz CT molecular complexity index is 1210. The van der Waals surface area contributed by atoms with Gasteiger partial charge in [-0.1, -0.05) is 12.1 Å². The lowest BCUT2D eigenvalue weighted by Gasteiger charge is -2.22. The standard InChI is InChI=1S/C25H26N4O4/c1-4-29-23-19(25(32)28(3)20-6-5-10-26-24(20)29)13-18(15-27-23)9-11-33-21-8-7-17(12-16(21)2)14-22(30)31/h5-8,10,12-13,15H,4,9,11,14H2,1-3H3,(H,30,31). The fourth-order valence-electron chi connectivity index (χ4n) is 4.00. The highest BCUT2D eigenvalue weighted by molar-refractivity contribution is 6.12. The summed E-state index contributed by atoms with van der Waals surface area (Å²) in [6, 6.07) is 11.0. The van der Waals surface area contributed by atoms with Gasteiger partial charge in [-0.15, -0.1) is 0 Å². The molecule has 170 valence electrons. The van der Waals surface area contributed by atoms with Gasteiger partial charge in [0.15, 0.2) is 5.82 Å². The molecule has 0 atom stereocenters. The van der Waals surface area contributed by atoms with Gasteiger partial charge < -0.3 is 19.6 Å². The number of aromatic nitrogens is 2. The maximum atomic E-state index is 13.2. The lowest BCUT2D eigenvalue weighted by Crippen LogP contribution is -2.25. The first-order chi connectivity index (χ1) is 15.9. The lowest BCUT2D eigenvalue weighted by molar-refractivity contribution is -0.136. The number of benzene rings is 1. The maximum Gasteiger partial charge on any atom is 0.307 e. The number of carboxylic acid groups (broad SMARTS) is 1. The molecule has 1 aliphatic heterocycles. The second kappa shape index (κ2) is 9.28. The summed E-state index contributed by atoms with van der Waals surface area (Å²) in [6.45, 7) is 4.93. The van der Waals surface area contributed by atoms with Crippen LogP contribution in [0.1, 0.15) is 34.0 Å². The number of amides is 1. The highest BCUT2D eigenvalue weighted by Crippen LogP contribution is 2.37. The van der Waals surface area contributed by atoms with Crippen molar-refractivity contribution >= 4 is 29.2 Å². The first kappa shape index (κ1) is 22.3. The number of aliphatic carboxylic acids is 1. The van der Waals surface area contributed by atoms with Crippen molar-refractivity contribution in [1.82, 2.24) is 9.97 Å². The van der Waals surface area contributed by atoms with Gasteiger partial charge in [0, 0.05) is 32.4 Å². The number of hydrogen-bond donors (Lipinski definition) is 1. The Hall–Kier alpha value is -3.94. The second-order valence-electron chi connectivity index (χ2n) is 7.94. The number of nitrogens with zero attached hydrogens (tertiary/aromatic N) is 4. The number of fused-ring (bicyclic) bond motifs is 2. The zero-order valence-electron chi connectivity index (χ0n) is 18.9. The molecule has 1 amide bonds. The number of carbonyl (C=O) groups excluding carboxylic acids is 1. The minimum Gasteiger partial charge on any atom is -0.493 e. The highest BCUT2D eigenvalue weighted by atomic mass is 16.5. The normalized spacial score (nSPS) is 12.8. The fraction of sp³-hybridized carbons (Fsp3) is 0.280. The maximum absolute atomic E-state index is 13.2. The molecular weight excluding hydrogens is 420 g/mol. The average Bonchev–Trinajstić information content (AvgIpc) is 2.88. The minimum atomic E-state index is -0.862. The average molecular weight is 447 g/mol. The van der Waals surface area contributed by atoms with E-state index in [1.54, 1.807) is 36.5 Å². The van der Waals surface area contributed by atoms with Gasteiger partial charge in [0.25, 0.3) is 5.91 Å². The Balaban J connectivity index is 1.52. The Kier molecular flexibility index (Phi) is 6.26. The molecule has 0 saturated carbocycles. The van der Waals surface area contributed by atoms with Crippen molar-refractivity contribution < 1.29 is 19.4 Å². The molecule has 0 saturated heterocycles. The summed E-state index contributed by atoms with van der Waals surface area (Å²) in [5, 5.41) is 8.94. The number of ether oxygens (including phenoxy) is 1. The molecule has 1 N–H and O–H groups in total. The van der Waals surface area contributed by atoms with E-state index in [4.69, 9.17) is 9.84 Å². The fourth-order valence-corrected chi connectivity index (χ4v) is 4.00. The van der Waals surface area contributed by atoms with E-state index < -0.39 is 5.97 Å². The van der Waals surface area contributed by atoms with Crippen LogP contribution in [0.15, 0.2) is 48.8 Å². The van der Waals surface area contributed by atoms with Crippen molar-refractivity contribution in [1.29, 1.82) is 0 Å². The third-order valence-electron chi connectivity index (χ3n) is 5.66. The number of rotatable bonds is 7. The van der Waals surface area contributed by atoms with Crippen LogP contribution in [0.5, 0.6) is 5.75 Å². The molecule has 1 aromatic carbocycles. The molecule has 4 rings (SSSR count). The van der Waals surface area contributed by atoms with Crippen molar-refractivity contribution in [2.45, 2.75) is 26.7 Å². The molecule has 3 aromatic rings. The summed E-state index contributed by atoms with van der Waals surface area (Å²) < 4.78 is 5.92. The number of carboxylic acids is 1. The van der Waals surface area contributed by atoms with E-state index in [2.05, 4.69) is 9.97 Å². The predicted molar refractivity (Wildman–Crippen MR) is 126 cm³/mol. The summed E-state index contributed by atoms with van der Waals surface area (Å²) in [6.07, 6.45) is 4.05. The van der Waals surface area contributed by atoms with E-state index in [1.165, 1.54) is 0 Å². The summed E-state index contributed by atoms with van der Waals surface area (Å²) >= 11 is 0. The van der Waals surface area contributed by atoms with Gasteiger partial charge >= 0.3 is 5.97 Å². The van der Waals surface area contributed by atoms with E-state index in [-0.39, 0.29) is 12.3 Å². The van der Waals surface area contributed by atoms with E-state index in [1.807, 2.05) is 43.0 Å². The zero-order valence-corrected chi connectivity index (χ0v) is 18.9. The number of hydrogen-bond acceptors (Lipinski definition) is 6. The van der Waals surface area contributed by atoms with Crippen LogP contribution in [-0.2, 0) is 17.6 Å². The molecule has 0 unspecified atom stereocenters. The minimum absolute atomic E-state index is 0.0153. The molecule has 3 heterocycles. The Morgan fingerprint density at radius 1 is 1.12 bits per heavy atom. The van der Waals surface area contributed by atoms with Crippen molar-refractivity contribution in [3.05, 3.63) is 71.0 Å². The summed E-state index contributed by atoms with van der Waals surface area (Å²) in [5.74, 6) is 1.03. The first-order valence-electron chi connectivity index (χ1n) is 10.8. The molecule has 33 heavy (non-hydrogen) atoms. The number of carbonyl (C=O) groups is 2. The highest BCUT2D eigenvalue weighted by Gasteiger charge is 2.30. The molecule has 8 nitrogen and oxygen atoms in total. The molecule has 0 spiro atoms. The van der Waals surface area contributed by atoms with Gasteiger partial charge in [-0.3, -0.25) is 9.59 Å². The summed E-state index contributed by atoms with van der Waals surface area (Å²) in [4.78, 5) is 36.8. The Morgan fingerprint density at radius 3 is 2.67 bits per heavy atom. The van der Waals surface area contributed by atoms with Gasteiger partial charge in [-0.05, 0) is 54.8 Å². The summed E-state index contributed by atoms with van der Waals surface area (Å²) in [7, 11) is 1.75. The molecule has 0 aliphatic carbocycles. The smallest absolute Gasteiger partial charge is 0.307 e. The second-order valence-corrected chi connectivity index (χ2v) is 7.94. The van der Waals surface area contributed by atoms with Crippen LogP contribution >= 0.6 is 0 Å². The van der Waals surface area contributed by atoms with Crippen molar-refractivity contribution in [3.63, 3.8) is 0 Å². The van der Waals surface area contributed by atoms with Crippen molar-refractivity contribution in [2.24, 2.45) is 0 Å². The quantitative estimate of drug-likeness (QED) is 0.590. The molecule has 1 aliphatic rings. The zero-order chi connectivity index (χ0) is 23.5. The topological polar surface area (TPSA) is 95.9 Å². The Labute approximate surface area is 192 Å². The molecule has 8 heteroatoms. The monoisotopic (exact) mass is 446 g/mol. The SMILES string of the molecule is CCN1c2ncc(CCOc3ccc(CC(=O)O)cc3C)cc2C(=O)N(C)c2cccnc21. The lowest BCUT2D eigenvalue weighted by atomic mass is 10.1. The van der Waals surface area contributed by atoms with Crippen LogP contribution in [0.2, 0.25) is 0 Å². The molecule has 0 radical (unpaired) electrons. The largest absolute Gasteiger partial charge is 0.493 e. The molecule has 0 bridgehead atoms. The molecular formula is C25H26N4O4. The number of pyridine rings is 2. The number of anilines is 3. The van der Waals surface area contributed by atoms with E-state index in [9.17, 15) is 9.59 Å². The Morgan fingerprint density at radius 2 is 1.94 bits per heavy atom. The van der Waals surface area contributed by atoms with Crippen LogP contribution in [0.4, 0.5) is 17.3 Å². The first-order valence-corrected chi connectivity index (χ1v) is 10.8. The molecule has 0 fully saturated rings. The van der Waals surface area contributed by atoms with Gasteiger partial charge in [0.1, 0.15) is 11.6 Å². The summed E-state index contributed by atoms with van der Waals surface area (Å²) in [5.41, 5.74) is 3.79. The third kappa shape index (κ3) is 4.50. The van der Waals surface area contributed by atoms with Gasteiger partial charge in [-0.25, -0.2) is 9.97 Å². The number of aryl methyl sites for hydroxylation is 1. The van der Waals surface area contributed by atoms with E-state index >= 15 is 0 Å². The predicted octanol–water partition coefficient (Wildman–Crippen LogP) is 3.78.